The quantitative estimate of drug-likeness (QED) is 0.828. The molecule has 1 rings (SSSR count). The van der Waals surface area contributed by atoms with Gasteiger partial charge in [-0.1, -0.05) is 45.4 Å². The molecule has 102 valence electrons. The number of hydrogen-bond donors (Lipinski definition) is 1. The largest absolute Gasteiger partial charge is 0.310 e. The van der Waals surface area contributed by atoms with Crippen LogP contribution in [0.25, 0.3) is 0 Å². The van der Waals surface area contributed by atoms with Crippen LogP contribution in [-0.2, 0) is 0 Å². The highest BCUT2D eigenvalue weighted by Crippen LogP contribution is 2.26. The Morgan fingerprint density at radius 1 is 1.28 bits per heavy atom. The Balaban J connectivity index is 2.60. The summed E-state index contributed by atoms with van der Waals surface area (Å²) in [5, 5.41) is 3.62. The lowest BCUT2D eigenvalue weighted by Crippen LogP contribution is -2.31. The Morgan fingerprint density at radius 2 is 1.89 bits per heavy atom. The summed E-state index contributed by atoms with van der Waals surface area (Å²) in [6, 6.07) is 5.10. The summed E-state index contributed by atoms with van der Waals surface area (Å²) in [7, 11) is 0. The summed E-state index contributed by atoms with van der Waals surface area (Å²) >= 11 is 5.68. The van der Waals surface area contributed by atoms with Crippen molar-refractivity contribution in [1.82, 2.24) is 5.32 Å². The van der Waals surface area contributed by atoms with Crippen molar-refractivity contribution < 1.29 is 4.39 Å². The van der Waals surface area contributed by atoms with Crippen LogP contribution in [0.4, 0.5) is 4.39 Å². The lowest BCUT2D eigenvalue weighted by Gasteiger charge is -2.29. The van der Waals surface area contributed by atoms with Gasteiger partial charge in [0, 0.05) is 6.04 Å². The van der Waals surface area contributed by atoms with E-state index in [4.69, 9.17) is 11.6 Å². The molecule has 0 amide bonds. The second-order valence-corrected chi connectivity index (χ2v) is 6.48. The van der Waals surface area contributed by atoms with Crippen LogP contribution in [0.1, 0.15) is 46.2 Å². The highest BCUT2D eigenvalue weighted by atomic mass is 35.5. The second-order valence-electron chi connectivity index (χ2n) is 6.07. The topological polar surface area (TPSA) is 12.0 Å². The van der Waals surface area contributed by atoms with Crippen molar-refractivity contribution in [2.24, 2.45) is 11.3 Å². The van der Waals surface area contributed by atoms with Crippen molar-refractivity contribution in [2.75, 3.05) is 6.54 Å². The van der Waals surface area contributed by atoms with Gasteiger partial charge in [0.15, 0.2) is 0 Å². The van der Waals surface area contributed by atoms with Crippen molar-refractivity contribution in [3.8, 4) is 0 Å². The zero-order valence-corrected chi connectivity index (χ0v) is 12.6. The third-order valence-corrected chi connectivity index (χ3v) is 3.96. The number of benzene rings is 1. The van der Waals surface area contributed by atoms with E-state index in [2.05, 4.69) is 33.0 Å². The Kier molecular flexibility index (Phi) is 5.18. The molecule has 0 saturated heterocycles. The molecule has 0 fully saturated rings. The fraction of sp³-hybridized carbons (Fsp3) is 0.600. The molecule has 0 aliphatic rings. The van der Waals surface area contributed by atoms with E-state index in [9.17, 15) is 4.39 Å². The van der Waals surface area contributed by atoms with E-state index in [1.807, 2.05) is 13.0 Å². The van der Waals surface area contributed by atoms with Gasteiger partial charge in [-0.05, 0) is 42.5 Å². The molecule has 0 radical (unpaired) electrons. The van der Waals surface area contributed by atoms with E-state index < -0.39 is 0 Å². The van der Waals surface area contributed by atoms with Crippen LogP contribution in [0.5, 0.6) is 0 Å². The van der Waals surface area contributed by atoms with Gasteiger partial charge in [-0.25, -0.2) is 4.39 Å². The number of nitrogens with one attached hydrogen (secondary N) is 1. The van der Waals surface area contributed by atoms with Crippen molar-refractivity contribution in [3.05, 3.63) is 34.6 Å². The van der Waals surface area contributed by atoms with Crippen LogP contribution >= 0.6 is 11.6 Å². The smallest absolute Gasteiger partial charge is 0.142 e. The molecule has 0 aliphatic heterocycles. The fourth-order valence-corrected chi connectivity index (χ4v) is 1.68. The van der Waals surface area contributed by atoms with Gasteiger partial charge in [0.2, 0.25) is 0 Å². The monoisotopic (exact) mass is 271 g/mol. The predicted molar refractivity (Wildman–Crippen MR) is 76.4 cm³/mol. The third kappa shape index (κ3) is 4.25. The van der Waals surface area contributed by atoms with Crippen molar-refractivity contribution in [2.45, 2.75) is 40.7 Å². The van der Waals surface area contributed by atoms with Gasteiger partial charge in [-0.2, -0.15) is 0 Å². The normalized spacial score (nSPS) is 15.5. The van der Waals surface area contributed by atoms with E-state index >= 15 is 0 Å². The molecule has 0 aromatic heterocycles. The van der Waals surface area contributed by atoms with Crippen LogP contribution < -0.4 is 5.32 Å². The molecule has 2 atom stereocenters. The summed E-state index contributed by atoms with van der Waals surface area (Å²) in [6.07, 6.45) is 0. The van der Waals surface area contributed by atoms with E-state index in [1.165, 1.54) is 6.07 Å². The zero-order chi connectivity index (χ0) is 13.9. The number of hydrogen-bond acceptors (Lipinski definition) is 1. The molecule has 0 heterocycles. The van der Waals surface area contributed by atoms with Crippen LogP contribution in [0, 0.1) is 17.2 Å². The average Bonchev–Trinajstić information content (AvgIpc) is 2.27. The van der Waals surface area contributed by atoms with Crippen molar-refractivity contribution in [3.63, 3.8) is 0 Å². The van der Waals surface area contributed by atoms with Crippen molar-refractivity contribution >= 4 is 11.6 Å². The Hall–Kier alpha value is -0.600. The van der Waals surface area contributed by atoms with Crippen LogP contribution in [0.3, 0.4) is 0 Å². The first-order valence-corrected chi connectivity index (χ1v) is 6.78. The second kappa shape index (κ2) is 6.03. The van der Waals surface area contributed by atoms with Gasteiger partial charge in [0.1, 0.15) is 5.82 Å². The summed E-state index contributed by atoms with van der Waals surface area (Å²) in [4.78, 5) is 0. The van der Waals surface area contributed by atoms with Crippen LogP contribution in [-0.4, -0.2) is 6.54 Å². The van der Waals surface area contributed by atoms with E-state index in [0.717, 1.165) is 12.1 Å². The fourth-order valence-electron chi connectivity index (χ4n) is 1.56. The van der Waals surface area contributed by atoms with Gasteiger partial charge in [-0.15, -0.1) is 0 Å². The zero-order valence-electron chi connectivity index (χ0n) is 11.8. The van der Waals surface area contributed by atoms with E-state index in [1.54, 1.807) is 6.07 Å². The molecule has 0 saturated carbocycles. The molecular formula is C15H23ClFN. The number of halogens is 2. The van der Waals surface area contributed by atoms with Gasteiger partial charge >= 0.3 is 0 Å². The first-order chi connectivity index (χ1) is 8.21. The maximum atomic E-state index is 13.4. The lowest BCUT2D eigenvalue weighted by molar-refractivity contribution is 0.247. The molecular weight excluding hydrogens is 249 g/mol. The molecule has 0 bridgehead atoms. The number of rotatable bonds is 4. The minimum Gasteiger partial charge on any atom is -0.310 e. The molecule has 2 unspecified atom stereocenters. The summed E-state index contributed by atoms with van der Waals surface area (Å²) in [5.74, 6) is 0.198. The predicted octanol–water partition coefficient (Wildman–Crippen LogP) is 4.81. The van der Waals surface area contributed by atoms with Gasteiger partial charge in [0.05, 0.1) is 5.02 Å². The SMILES string of the molecule is CC(NCC(C)C(C)(C)C)c1ccc(Cl)c(F)c1. The Labute approximate surface area is 115 Å². The van der Waals surface area contributed by atoms with Crippen LogP contribution in [0.2, 0.25) is 5.02 Å². The van der Waals surface area contributed by atoms with E-state index in [0.29, 0.717) is 5.92 Å². The summed E-state index contributed by atoms with van der Waals surface area (Å²) in [6.45, 7) is 11.9. The first kappa shape index (κ1) is 15.5. The average molecular weight is 272 g/mol. The minimum atomic E-state index is -0.355. The Bertz CT molecular complexity index is 398. The maximum Gasteiger partial charge on any atom is 0.142 e. The minimum absolute atomic E-state index is 0.126. The molecule has 0 aliphatic carbocycles. The summed E-state index contributed by atoms with van der Waals surface area (Å²) < 4.78 is 13.4. The highest BCUT2D eigenvalue weighted by molar-refractivity contribution is 6.30. The van der Waals surface area contributed by atoms with Gasteiger partial charge in [-0.3, -0.25) is 0 Å². The van der Waals surface area contributed by atoms with E-state index in [-0.39, 0.29) is 22.3 Å². The standard InChI is InChI=1S/C15H23ClFN/c1-10(15(3,4)5)9-18-11(2)12-6-7-13(16)14(17)8-12/h6-8,10-11,18H,9H2,1-5H3. The third-order valence-electron chi connectivity index (χ3n) is 3.65. The highest BCUT2D eigenvalue weighted by Gasteiger charge is 2.20. The summed E-state index contributed by atoms with van der Waals surface area (Å²) in [5.41, 5.74) is 1.20. The molecule has 18 heavy (non-hydrogen) atoms. The molecule has 0 spiro atoms. The van der Waals surface area contributed by atoms with Crippen molar-refractivity contribution in [1.29, 1.82) is 0 Å². The molecule has 1 nitrogen and oxygen atoms in total. The van der Waals surface area contributed by atoms with Gasteiger partial charge < -0.3 is 5.32 Å². The van der Waals surface area contributed by atoms with Gasteiger partial charge in [0.25, 0.3) is 0 Å². The lowest BCUT2D eigenvalue weighted by atomic mass is 9.82. The molecule has 1 aromatic rings. The molecule has 1 aromatic carbocycles. The molecule has 1 N–H and O–H groups in total. The first-order valence-electron chi connectivity index (χ1n) is 6.40. The Morgan fingerprint density at radius 3 is 2.39 bits per heavy atom. The maximum absolute atomic E-state index is 13.4. The van der Waals surface area contributed by atoms with Crippen LogP contribution in [0.15, 0.2) is 18.2 Å². The molecule has 3 heteroatoms.